The molecule has 2 heterocycles. The molecular weight excluding hydrogens is 709 g/mol. The van der Waals surface area contributed by atoms with Crippen LogP contribution in [-0.2, 0) is 5.41 Å². The van der Waals surface area contributed by atoms with Crippen molar-refractivity contribution < 1.29 is 0 Å². The predicted molar refractivity (Wildman–Crippen MR) is 240 cm³/mol. The van der Waals surface area contributed by atoms with Gasteiger partial charge in [0.25, 0.3) is 0 Å². The second-order valence-corrected chi connectivity index (χ2v) is 16.1. The Balaban J connectivity index is 0.966. The normalized spacial score (nSPS) is 14.5. The first kappa shape index (κ1) is 33.4. The summed E-state index contributed by atoms with van der Waals surface area (Å²) < 4.78 is 2.65. The van der Waals surface area contributed by atoms with Crippen LogP contribution in [0.2, 0.25) is 0 Å². The molecule has 268 valence electrons. The molecule has 2 aromatic heterocycles. The van der Waals surface area contributed by atoms with Crippen molar-refractivity contribution in [2.24, 2.45) is 0 Å². The zero-order valence-electron chi connectivity index (χ0n) is 31.4. The standard InChI is InChI=1S/C54H36N2S/c1-54(41-15-6-3-7-16-41)46-20-10-8-17-43(46)44-32-31-40(33-47(44)54)49-34-48(55-53(56-49)39-13-4-2-5-14-39)38-29-25-36(26-30-38)35-23-27-37(28-24-35)42-19-12-22-51-52(42)45-18-9-11-21-50(45)57-51/h2-34H,1H3. The summed E-state index contributed by atoms with van der Waals surface area (Å²) in [5.41, 5.74) is 16.0. The van der Waals surface area contributed by atoms with Gasteiger partial charge in [0, 0.05) is 42.3 Å². The predicted octanol–water partition coefficient (Wildman–Crippen LogP) is 14.5. The Morgan fingerprint density at radius 2 is 0.947 bits per heavy atom. The smallest absolute Gasteiger partial charge is 0.160 e. The maximum absolute atomic E-state index is 5.21. The van der Waals surface area contributed by atoms with E-state index in [1.807, 2.05) is 29.5 Å². The summed E-state index contributed by atoms with van der Waals surface area (Å²) in [6, 6.07) is 72.2. The second-order valence-electron chi connectivity index (χ2n) is 15.1. The van der Waals surface area contributed by atoms with E-state index < -0.39 is 0 Å². The Morgan fingerprint density at radius 3 is 1.72 bits per heavy atom. The molecule has 0 saturated heterocycles. The van der Waals surface area contributed by atoms with Crippen LogP contribution in [0.3, 0.4) is 0 Å². The van der Waals surface area contributed by atoms with E-state index in [1.54, 1.807) is 0 Å². The summed E-state index contributed by atoms with van der Waals surface area (Å²) in [6.45, 7) is 2.36. The summed E-state index contributed by atoms with van der Waals surface area (Å²) >= 11 is 1.86. The fraction of sp³-hybridized carbons (Fsp3) is 0.0370. The van der Waals surface area contributed by atoms with Crippen molar-refractivity contribution in [1.29, 1.82) is 0 Å². The molecular formula is C54H36N2S. The van der Waals surface area contributed by atoms with Crippen molar-refractivity contribution in [1.82, 2.24) is 9.97 Å². The molecule has 0 N–H and O–H groups in total. The van der Waals surface area contributed by atoms with Gasteiger partial charge in [-0.25, -0.2) is 9.97 Å². The molecule has 57 heavy (non-hydrogen) atoms. The highest BCUT2D eigenvalue weighted by Crippen LogP contribution is 2.53. The second kappa shape index (κ2) is 13.4. The number of rotatable bonds is 6. The lowest BCUT2D eigenvalue weighted by atomic mass is 9.74. The van der Waals surface area contributed by atoms with Gasteiger partial charge in [-0.3, -0.25) is 0 Å². The molecule has 11 rings (SSSR count). The third kappa shape index (κ3) is 5.54. The molecule has 0 aliphatic heterocycles. The van der Waals surface area contributed by atoms with Crippen LogP contribution in [0.4, 0.5) is 0 Å². The molecule has 0 spiro atoms. The summed E-state index contributed by atoms with van der Waals surface area (Å²) in [4.78, 5) is 10.4. The van der Waals surface area contributed by atoms with E-state index >= 15 is 0 Å². The van der Waals surface area contributed by atoms with Gasteiger partial charge in [0.2, 0.25) is 0 Å². The largest absolute Gasteiger partial charge is 0.228 e. The van der Waals surface area contributed by atoms with E-state index in [0.717, 1.165) is 28.1 Å². The zero-order chi connectivity index (χ0) is 37.9. The van der Waals surface area contributed by atoms with E-state index in [2.05, 4.69) is 189 Å². The Morgan fingerprint density at radius 1 is 0.386 bits per heavy atom. The van der Waals surface area contributed by atoms with Gasteiger partial charge in [0.05, 0.1) is 11.4 Å². The molecule has 8 aromatic carbocycles. The molecule has 2 nitrogen and oxygen atoms in total. The molecule has 1 aliphatic carbocycles. The van der Waals surface area contributed by atoms with E-state index in [1.165, 1.54) is 70.2 Å². The fourth-order valence-corrected chi connectivity index (χ4v) is 10.0. The number of nitrogens with zero attached hydrogens (tertiary/aromatic N) is 2. The summed E-state index contributed by atoms with van der Waals surface area (Å²) in [5.74, 6) is 0.714. The van der Waals surface area contributed by atoms with Crippen molar-refractivity contribution in [2.75, 3.05) is 0 Å². The van der Waals surface area contributed by atoms with Gasteiger partial charge in [-0.05, 0) is 81.3 Å². The minimum atomic E-state index is -0.291. The molecule has 0 radical (unpaired) electrons. The van der Waals surface area contributed by atoms with Crippen LogP contribution in [0.1, 0.15) is 23.6 Å². The molecule has 1 unspecified atom stereocenters. The molecule has 1 atom stereocenters. The first-order valence-corrected chi connectivity index (χ1v) is 20.3. The zero-order valence-corrected chi connectivity index (χ0v) is 32.2. The van der Waals surface area contributed by atoms with E-state index in [9.17, 15) is 0 Å². The molecule has 0 bridgehead atoms. The average molecular weight is 745 g/mol. The number of hydrogen-bond donors (Lipinski definition) is 0. The number of aromatic nitrogens is 2. The van der Waals surface area contributed by atoms with E-state index in [0.29, 0.717) is 5.82 Å². The highest BCUT2D eigenvalue weighted by atomic mass is 32.1. The van der Waals surface area contributed by atoms with Crippen molar-refractivity contribution in [3.63, 3.8) is 0 Å². The highest BCUT2D eigenvalue weighted by Gasteiger charge is 2.40. The van der Waals surface area contributed by atoms with Gasteiger partial charge in [-0.1, -0.05) is 176 Å². The quantitative estimate of drug-likeness (QED) is 0.169. The maximum atomic E-state index is 5.21. The molecule has 0 fully saturated rings. The van der Waals surface area contributed by atoms with Gasteiger partial charge in [0.1, 0.15) is 0 Å². The van der Waals surface area contributed by atoms with Crippen molar-refractivity contribution in [3.05, 3.63) is 217 Å². The van der Waals surface area contributed by atoms with Crippen LogP contribution in [-0.4, -0.2) is 9.97 Å². The van der Waals surface area contributed by atoms with Gasteiger partial charge in [0.15, 0.2) is 5.82 Å². The van der Waals surface area contributed by atoms with Gasteiger partial charge in [-0.15, -0.1) is 11.3 Å². The summed E-state index contributed by atoms with van der Waals surface area (Å²) in [6.07, 6.45) is 0. The molecule has 1 aliphatic rings. The van der Waals surface area contributed by atoms with Crippen molar-refractivity contribution in [3.8, 4) is 67.3 Å². The summed E-state index contributed by atoms with van der Waals surface area (Å²) in [5, 5.41) is 2.66. The van der Waals surface area contributed by atoms with E-state index in [4.69, 9.17) is 9.97 Å². The number of benzene rings is 8. The monoisotopic (exact) mass is 744 g/mol. The van der Waals surface area contributed by atoms with Crippen LogP contribution < -0.4 is 0 Å². The SMILES string of the molecule is CC1(c2ccccc2)c2ccccc2-c2ccc(-c3cc(-c4ccc(-c5ccc(-c6cccc7sc8ccccc8c67)cc5)cc4)nc(-c4ccccc4)n3)cc21. The number of hydrogen-bond acceptors (Lipinski definition) is 3. The van der Waals surface area contributed by atoms with E-state index in [-0.39, 0.29) is 5.41 Å². The van der Waals surface area contributed by atoms with Crippen molar-refractivity contribution in [2.45, 2.75) is 12.3 Å². The minimum Gasteiger partial charge on any atom is -0.228 e. The Bertz CT molecular complexity index is 3110. The van der Waals surface area contributed by atoms with Gasteiger partial charge < -0.3 is 0 Å². The first-order valence-electron chi connectivity index (χ1n) is 19.5. The van der Waals surface area contributed by atoms with Gasteiger partial charge in [-0.2, -0.15) is 0 Å². The van der Waals surface area contributed by atoms with Crippen LogP contribution in [0.15, 0.2) is 200 Å². The van der Waals surface area contributed by atoms with Crippen LogP contribution in [0.25, 0.3) is 87.5 Å². The number of fused-ring (bicyclic) bond motifs is 6. The van der Waals surface area contributed by atoms with Crippen LogP contribution in [0.5, 0.6) is 0 Å². The molecule has 0 amide bonds. The van der Waals surface area contributed by atoms with Crippen LogP contribution in [0, 0.1) is 0 Å². The van der Waals surface area contributed by atoms with Crippen LogP contribution >= 0.6 is 11.3 Å². The lowest BCUT2D eigenvalue weighted by molar-refractivity contribution is 0.714. The molecule has 0 saturated carbocycles. The third-order valence-corrected chi connectivity index (χ3v) is 13.0. The average Bonchev–Trinajstić information content (AvgIpc) is 3.80. The maximum Gasteiger partial charge on any atom is 0.160 e. The summed E-state index contributed by atoms with van der Waals surface area (Å²) in [7, 11) is 0. The topological polar surface area (TPSA) is 25.8 Å². The Hall–Kier alpha value is -6.94. The minimum absolute atomic E-state index is 0.291. The Labute approximate surface area is 336 Å². The Kier molecular flexibility index (Phi) is 7.84. The molecule has 10 aromatic rings. The lowest BCUT2D eigenvalue weighted by Gasteiger charge is -2.28. The fourth-order valence-electron chi connectivity index (χ4n) is 8.88. The van der Waals surface area contributed by atoms with Crippen molar-refractivity contribution >= 4 is 31.5 Å². The lowest BCUT2D eigenvalue weighted by Crippen LogP contribution is -2.22. The first-order chi connectivity index (χ1) is 28.1. The molecule has 3 heteroatoms. The highest BCUT2D eigenvalue weighted by molar-refractivity contribution is 7.25. The van der Waals surface area contributed by atoms with Gasteiger partial charge >= 0.3 is 0 Å². The number of thiophene rings is 1. The third-order valence-electron chi connectivity index (χ3n) is 11.8.